The fraction of sp³-hybridized carbons (Fsp3) is 0.0909. The molecule has 0 fully saturated rings. The zero-order valence-corrected chi connectivity index (χ0v) is 15.4. The Kier molecular flexibility index (Phi) is 6.23. The fourth-order valence-electron chi connectivity index (χ4n) is 2.72. The molecule has 1 N–H and O–H groups in total. The van der Waals surface area contributed by atoms with Gasteiger partial charge in [0, 0.05) is 16.9 Å². The van der Waals surface area contributed by atoms with Crippen LogP contribution in [0.25, 0.3) is 0 Å². The molecule has 0 heterocycles. The second kappa shape index (κ2) is 9.01. The first-order valence-electron chi connectivity index (χ1n) is 8.54. The number of rotatable bonds is 6. The topological polar surface area (TPSA) is 49.4 Å². The molecule has 3 aromatic carbocycles. The van der Waals surface area contributed by atoms with E-state index in [-0.39, 0.29) is 17.7 Å². The summed E-state index contributed by atoms with van der Waals surface area (Å²) in [5, 5.41) is 2.86. The van der Waals surface area contributed by atoms with E-state index in [1.807, 2.05) is 72.8 Å². The molecule has 2 amide bonds. The van der Waals surface area contributed by atoms with Crippen LogP contribution in [0.3, 0.4) is 0 Å². The Bertz CT molecular complexity index is 914. The predicted molar refractivity (Wildman–Crippen MR) is 109 cm³/mol. The number of alkyl halides is 1. The number of nitrogens with one attached hydrogen (secondary N) is 1. The van der Waals surface area contributed by atoms with Crippen molar-refractivity contribution >= 4 is 34.8 Å². The number of hydrogen-bond donors (Lipinski definition) is 1. The number of benzene rings is 3. The molecule has 4 nitrogen and oxygen atoms in total. The van der Waals surface area contributed by atoms with Gasteiger partial charge >= 0.3 is 0 Å². The van der Waals surface area contributed by atoms with E-state index in [9.17, 15) is 9.59 Å². The first-order valence-corrected chi connectivity index (χ1v) is 9.07. The maximum atomic E-state index is 12.5. The molecule has 0 saturated carbocycles. The van der Waals surface area contributed by atoms with Gasteiger partial charge in [-0.3, -0.25) is 9.59 Å². The average Bonchev–Trinajstić information content (AvgIpc) is 2.73. The van der Waals surface area contributed by atoms with Gasteiger partial charge in [-0.15, -0.1) is 11.6 Å². The van der Waals surface area contributed by atoms with Crippen LogP contribution in [0.2, 0.25) is 0 Å². The number of carbonyl (C=O) groups is 2. The SMILES string of the molecule is O=C(Nc1ccccc1)c1cccc(CN(C(=O)CCl)c2ccccc2)c1. The van der Waals surface area contributed by atoms with Crippen molar-refractivity contribution in [1.29, 1.82) is 0 Å². The van der Waals surface area contributed by atoms with Gasteiger partial charge in [-0.05, 0) is 42.0 Å². The lowest BCUT2D eigenvalue weighted by Crippen LogP contribution is -2.31. The lowest BCUT2D eigenvalue weighted by molar-refractivity contribution is -0.116. The van der Waals surface area contributed by atoms with E-state index in [1.165, 1.54) is 0 Å². The Hall–Kier alpha value is -3.11. The van der Waals surface area contributed by atoms with Gasteiger partial charge in [0.15, 0.2) is 0 Å². The van der Waals surface area contributed by atoms with Gasteiger partial charge in [0.1, 0.15) is 5.88 Å². The van der Waals surface area contributed by atoms with Crippen LogP contribution >= 0.6 is 11.6 Å². The molecule has 0 aliphatic rings. The Morgan fingerprint density at radius 1 is 0.852 bits per heavy atom. The van der Waals surface area contributed by atoms with Crippen molar-refractivity contribution < 1.29 is 9.59 Å². The number of anilines is 2. The predicted octanol–water partition coefficient (Wildman–Crippen LogP) is 4.71. The Labute approximate surface area is 163 Å². The van der Waals surface area contributed by atoms with Crippen LogP contribution in [0.15, 0.2) is 84.9 Å². The molecule has 0 aliphatic heterocycles. The average molecular weight is 379 g/mol. The second-order valence-corrected chi connectivity index (χ2v) is 6.24. The van der Waals surface area contributed by atoms with E-state index >= 15 is 0 Å². The quantitative estimate of drug-likeness (QED) is 0.631. The van der Waals surface area contributed by atoms with Crippen LogP contribution in [0.5, 0.6) is 0 Å². The van der Waals surface area contributed by atoms with Crippen molar-refractivity contribution in [3.05, 3.63) is 96.1 Å². The zero-order chi connectivity index (χ0) is 19.1. The van der Waals surface area contributed by atoms with Gasteiger partial charge in [0.2, 0.25) is 5.91 Å². The molecule has 3 rings (SSSR count). The summed E-state index contributed by atoms with van der Waals surface area (Å²) < 4.78 is 0. The molecule has 0 saturated heterocycles. The van der Waals surface area contributed by atoms with E-state index < -0.39 is 0 Å². The van der Waals surface area contributed by atoms with Gasteiger partial charge in [0.05, 0.1) is 6.54 Å². The lowest BCUT2D eigenvalue weighted by Gasteiger charge is -2.22. The largest absolute Gasteiger partial charge is 0.322 e. The molecule has 0 unspecified atom stereocenters. The van der Waals surface area contributed by atoms with Gasteiger partial charge in [-0.2, -0.15) is 0 Å². The van der Waals surface area contributed by atoms with Crippen LogP contribution in [0.1, 0.15) is 15.9 Å². The van der Waals surface area contributed by atoms with Crippen LogP contribution in [-0.4, -0.2) is 17.7 Å². The molecule has 0 radical (unpaired) electrons. The Balaban J connectivity index is 1.79. The molecule has 0 aromatic heterocycles. The molecular weight excluding hydrogens is 360 g/mol. The van der Waals surface area contributed by atoms with Gasteiger partial charge in [-0.1, -0.05) is 48.5 Å². The smallest absolute Gasteiger partial charge is 0.255 e. The minimum absolute atomic E-state index is 0.108. The van der Waals surface area contributed by atoms with Crippen LogP contribution in [0.4, 0.5) is 11.4 Å². The number of para-hydroxylation sites is 2. The van der Waals surface area contributed by atoms with E-state index in [0.29, 0.717) is 12.1 Å². The Morgan fingerprint density at radius 3 is 2.19 bits per heavy atom. The molecule has 3 aromatic rings. The highest BCUT2D eigenvalue weighted by atomic mass is 35.5. The van der Waals surface area contributed by atoms with Crippen molar-refractivity contribution in [2.24, 2.45) is 0 Å². The first kappa shape index (κ1) is 18.7. The van der Waals surface area contributed by atoms with Gasteiger partial charge in [-0.25, -0.2) is 0 Å². The van der Waals surface area contributed by atoms with Gasteiger partial charge < -0.3 is 10.2 Å². The minimum atomic E-state index is -0.196. The summed E-state index contributed by atoms with van der Waals surface area (Å²) >= 11 is 5.78. The van der Waals surface area contributed by atoms with Crippen molar-refractivity contribution in [2.75, 3.05) is 16.1 Å². The monoisotopic (exact) mass is 378 g/mol. The molecule has 0 atom stereocenters. The highest BCUT2D eigenvalue weighted by molar-refractivity contribution is 6.29. The van der Waals surface area contributed by atoms with Crippen molar-refractivity contribution in [1.82, 2.24) is 0 Å². The number of nitrogens with zero attached hydrogens (tertiary/aromatic N) is 1. The molecule has 27 heavy (non-hydrogen) atoms. The molecule has 136 valence electrons. The Morgan fingerprint density at radius 2 is 1.52 bits per heavy atom. The van der Waals surface area contributed by atoms with Crippen LogP contribution < -0.4 is 10.2 Å². The van der Waals surface area contributed by atoms with Crippen LogP contribution in [0, 0.1) is 0 Å². The summed E-state index contributed by atoms with van der Waals surface area (Å²) in [5.74, 6) is -0.497. The minimum Gasteiger partial charge on any atom is -0.322 e. The lowest BCUT2D eigenvalue weighted by atomic mass is 10.1. The van der Waals surface area contributed by atoms with E-state index in [4.69, 9.17) is 11.6 Å². The van der Waals surface area contributed by atoms with E-state index in [1.54, 1.807) is 17.0 Å². The number of hydrogen-bond acceptors (Lipinski definition) is 2. The summed E-state index contributed by atoms with van der Waals surface area (Å²) in [4.78, 5) is 26.4. The molecule has 0 bridgehead atoms. The highest BCUT2D eigenvalue weighted by Crippen LogP contribution is 2.19. The normalized spacial score (nSPS) is 10.3. The second-order valence-electron chi connectivity index (χ2n) is 5.97. The first-order chi connectivity index (χ1) is 13.2. The fourth-order valence-corrected chi connectivity index (χ4v) is 2.87. The summed E-state index contributed by atoms with van der Waals surface area (Å²) in [5.41, 5.74) is 2.87. The van der Waals surface area contributed by atoms with Gasteiger partial charge in [0.25, 0.3) is 5.91 Å². The maximum Gasteiger partial charge on any atom is 0.255 e. The molecule has 5 heteroatoms. The third kappa shape index (κ3) is 4.96. The van der Waals surface area contributed by atoms with E-state index in [2.05, 4.69) is 5.32 Å². The third-order valence-electron chi connectivity index (χ3n) is 4.04. The van der Waals surface area contributed by atoms with Crippen molar-refractivity contribution in [3.63, 3.8) is 0 Å². The standard InChI is InChI=1S/C22H19ClN2O2/c23-15-21(26)25(20-12-5-2-6-13-20)16-17-8-7-9-18(14-17)22(27)24-19-10-3-1-4-11-19/h1-14H,15-16H2,(H,24,27). The summed E-state index contributed by atoms with van der Waals surface area (Å²) in [6.07, 6.45) is 0. The highest BCUT2D eigenvalue weighted by Gasteiger charge is 2.16. The molecule has 0 spiro atoms. The third-order valence-corrected chi connectivity index (χ3v) is 4.27. The number of carbonyl (C=O) groups excluding carboxylic acids is 2. The summed E-state index contributed by atoms with van der Waals surface area (Å²) in [6.45, 7) is 0.335. The zero-order valence-electron chi connectivity index (χ0n) is 14.6. The number of halogens is 1. The summed E-state index contributed by atoms with van der Waals surface area (Å²) in [6, 6.07) is 25.9. The van der Waals surface area contributed by atoms with E-state index in [0.717, 1.165) is 16.9 Å². The molecular formula is C22H19ClN2O2. The van der Waals surface area contributed by atoms with Crippen molar-refractivity contribution in [3.8, 4) is 0 Å². The maximum absolute atomic E-state index is 12.5. The molecule has 0 aliphatic carbocycles. The van der Waals surface area contributed by atoms with Crippen molar-refractivity contribution in [2.45, 2.75) is 6.54 Å². The number of amides is 2. The summed E-state index contributed by atoms with van der Waals surface area (Å²) in [7, 11) is 0. The van der Waals surface area contributed by atoms with Crippen LogP contribution in [-0.2, 0) is 11.3 Å².